The lowest BCUT2D eigenvalue weighted by molar-refractivity contribution is -0.153. The molecule has 1 amide bonds. The molecule has 0 saturated heterocycles. The maximum absolute atomic E-state index is 13.2. The summed E-state index contributed by atoms with van der Waals surface area (Å²) in [5, 5.41) is 2.70. The van der Waals surface area contributed by atoms with Crippen LogP contribution in [0.3, 0.4) is 0 Å². The minimum Gasteiger partial charge on any atom is -0.493 e. The van der Waals surface area contributed by atoms with Crippen LogP contribution in [-0.2, 0) is 14.3 Å². The minimum atomic E-state index is -1.39. The lowest BCUT2D eigenvalue weighted by atomic mass is 9.97. The number of halogens is 1. The number of ether oxygens (including phenoxy) is 4. The zero-order valence-electron chi connectivity index (χ0n) is 17.3. The van der Waals surface area contributed by atoms with Crippen molar-refractivity contribution in [2.45, 2.75) is 19.3 Å². The van der Waals surface area contributed by atoms with Gasteiger partial charge in [0.1, 0.15) is 5.82 Å². The summed E-state index contributed by atoms with van der Waals surface area (Å²) >= 11 is 0. The Morgan fingerprint density at radius 1 is 1.07 bits per heavy atom. The summed E-state index contributed by atoms with van der Waals surface area (Å²) in [4.78, 5) is 25.9. The van der Waals surface area contributed by atoms with Crippen molar-refractivity contribution in [1.29, 1.82) is 0 Å². The molecule has 1 aliphatic rings. The maximum Gasteiger partial charge on any atom is 0.322 e. The van der Waals surface area contributed by atoms with Crippen molar-refractivity contribution in [3.05, 3.63) is 47.8 Å². The van der Waals surface area contributed by atoms with Crippen molar-refractivity contribution in [3.8, 4) is 17.2 Å². The van der Waals surface area contributed by atoms with Crippen molar-refractivity contribution >= 4 is 17.6 Å². The standard InChI is InChI=1S/C22H24FNO6/c1-5-30-21(26)22(20(25)24-15-8-6-14(23)7-9-15)12-16(22)13-10-17(27-2)19(29-4)18(11-13)28-3/h6-11,16H,5,12H2,1-4H3,(H,24,25)/t16-,22-/m0/s1. The van der Waals surface area contributed by atoms with E-state index in [2.05, 4.69) is 5.32 Å². The lowest BCUT2D eigenvalue weighted by Gasteiger charge is -2.18. The Hall–Kier alpha value is -3.29. The van der Waals surface area contributed by atoms with E-state index in [1.54, 1.807) is 19.1 Å². The van der Waals surface area contributed by atoms with Crippen molar-refractivity contribution < 1.29 is 32.9 Å². The van der Waals surface area contributed by atoms with Gasteiger partial charge in [-0.2, -0.15) is 0 Å². The van der Waals surface area contributed by atoms with E-state index in [0.29, 0.717) is 28.5 Å². The summed E-state index contributed by atoms with van der Waals surface area (Å²) < 4.78 is 34.5. The third-order valence-corrected chi connectivity index (χ3v) is 5.20. The van der Waals surface area contributed by atoms with Gasteiger partial charge in [0.2, 0.25) is 11.7 Å². The molecule has 30 heavy (non-hydrogen) atoms. The summed E-state index contributed by atoms with van der Waals surface area (Å²) in [5.74, 6) is -0.706. The zero-order valence-corrected chi connectivity index (χ0v) is 17.3. The van der Waals surface area contributed by atoms with Crippen LogP contribution in [0.2, 0.25) is 0 Å². The van der Waals surface area contributed by atoms with Crippen LogP contribution in [0.25, 0.3) is 0 Å². The van der Waals surface area contributed by atoms with Gasteiger partial charge in [-0.25, -0.2) is 4.39 Å². The van der Waals surface area contributed by atoms with Crippen LogP contribution >= 0.6 is 0 Å². The molecule has 0 aliphatic heterocycles. The van der Waals surface area contributed by atoms with Crippen molar-refractivity contribution in [1.82, 2.24) is 0 Å². The van der Waals surface area contributed by atoms with Crippen LogP contribution in [0, 0.1) is 11.2 Å². The van der Waals surface area contributed by atoms with E-state index >= 15 is 0 Å². The van der Waals surface area contributed by atoms with Crippen molar-refractivity contribution in [3.63, 3.8) is 0 Å². The number of hydrogen-bond donors (Lipinski definition) is 1. The molecule has 1 N–H and O–H groups in total. The van der Waals surface area contributed by atoms with Gasteiger partial charge in [0.25, 0.3) is 0 Å². The highest BCUT2D eigenvalue weighted by molar-refractivity contribution is 6.13. The zero-order chi connectivity index (χ0) is 21.9. The molecule has 0 spiro atoms. The fourth-order valence-electron chi connectivity index (χ4n) is 3.57. The first kappa shape index (κ1) is 21.4. The topological polar surface area (TPSA) is 83.1 Å². The molecule has 7 nitrogen and oxygen atoms in total. The number of amides is 1. The number of benzene rings is 2. The van der Waals surface area contributed by atoms with E-state index in [0.717, 1.165) is 0 Å². The number of methoxy groups -OCH3 is 3. The van der Waals surface area contributed by atoms with Crippen LogP contribution in [0.1, 0.15) is 24.8 Å². The molecule has 2 aromatic carbocycles. The monoisotopic (exact) mass is 417 g/mol. The fraction of sp³-hybridized carbons (Fsp3) is 0.364. The largest absolute Gasteiger partial charge is 0.493 e. The highest BCUT2D eigenvalue weighted by Gasteiger charge is 2.67. The van der Waals surface area contributed by atoms with Crippen LogP contribution in [0.4, 0.5) is 10.1 Å². The van der Waals surface area contributed by atoms with Crippen LogP contribution in [0.15, 0.2) is 36.4 Å². The molecule has 2 aromatic rings. The van der Waals surface area contributed by atoms with Gasteiger partial charge < -0.3 is 24.3 Å². The van der Waals surface area contributed by atoms with Gasteiger partial charge in [0.15, 0.2) is 16.9 Å². The number of nitrogens with one attached hydrogen (secondary N) is 1. The Kier molecular flexibility index (Phi) is 6.14. The average Bonchev–Trinajstić information content (AvgIpc) is 3.51. The highest BCUT2D eigenvalue weighted by Crippen LogP contribution is 2.62. The van der Waals surface area contributed by atoms with Crippen LogP contribution in [-0.4, -0.2) is 39.8 Å². The summed E-state index contributed by atoms with van der Waals surface area (Å²) in [5.41, 5.74) is -0.318. The van der Waals surface area contributed by atoms with Gasteiger partial charge in [0.05, 0.1) is 27.9 Å². The summed E-state index contributed by atoms with van der Waals surface area (Å²) in [6.45, 7) is 1.83. The molecule has 0 heterocycles. The Labute approximate surface area is 174 Å². The van der Waals surface area contributed by atoms with E-state index < -0.39 is 29.0 Å². The maximum atomic E-state index is 13.2. The number of carbonyl (C=O) groups is 2. The van der Waals surface area contributed by atoms with Crippen LogP contribution < -0.4 is 19.5 Å². The quantitative estimate of drug-likeness (QED) is 0.523. The lowest BCUT2D eigenvalue weighted by Crippen LogP contribution is -2.34. The first-order valence-corrected chi connectivity index (χ1v) is 9.45. The van der Waals surface area contributed by atoms with Gasteiger partial charge >= 0.3 is 5.97 Å². The van der Waals surface area contributed by atoms with E-state index in [4.69, 9.17) is 18.9 Å². The molecule has 8 heteroatoms. The first-order chi connectivity index (χ1) is 14.4. The van der Waals surface area contributed by atoms with Gasteiger partial charge in [-0.05, 0) is 55.3 Å². The number of carbonyl (C=O) groups excluding carboxylic acids is 2. The van der Waals surface area contributed by atoms with E-state index in [1.807, 2.05) is 0 Å². The molecule has 0 unspecified atom stereocenters. The molecular formula is C22H24FNO6. The predicted molar refractivity (Wildman–Crippen MR) is 108 cm³/mol. The minimum absolute atomic E-state index is 0.145. The number of anilines is 1. The first-order valence-electron chi connectivity index (χ1n) is 9.45. The molecule has 160 valence electrons. The third-order valence-electron chi connectivity index (χ3n) is 5.20. The Morgan fingerprint density at radius 3 is 2.17 bits per heavy atom. The van der Waals surface area contributed by atoms with E-state index in [1.165, 1.54) is 45.6 Å². The molecule has 2 atom stereocenters. The second-order valence-corrected chi connectivity index (χ2v) is 6.87. The van der Waals surface area contributed by atoms with Crippen LogP contribution in [0.5, 0.6) is 17.2 Å². The van der Waals surface area contributed by atoms with Crippen molar-refractivity contribution in [2.24, 2.45) is 5.41 Å². The number of hydrogen-bond acceptors (Lipinski definition) is 6. The summed E-state index contributed by atoms with van der Waals surface area (Å²) in [6.07, 6.45) is 0.261. The summed E-state index contributed by atoms with van der Waals surface area (Å²) in [7, 11) is 4.48. The molecule has 1 saturated carbocycles. The molecule has 3 rings (SSSR count). The Bertz CT molecular complexity index is 920. The molecule has 1 aliphatic carbocycles. The number of rotatable bonds is 8. The van der Waals surface area contributed by atoms with Gasteiger partial charge in [-0.1, -0.05) is 0 Å². The molecule has 0 radical (unpaired) electrons. The highest BCUT2D eigenvalue weighted by atomic mass is 19.1. The molecular weight excluding hydrogens is 393 g/mol. The van der Waals surface area contributed by atoms with E-state index in [9.17, 15) is 14.0 Å². The number of esters is 1. The second-order valence-electron chi connectivity index (χ2n) is 6.87. The fourth-order valence-corrected chi connectivity index (χ4v) is 3.57. The third kappa shape index (κ3) is 3.77. The molecule has 1 fully saturated rings. The van der Waals surface area contributed by atoms with E-state index in [-0.39, 0.29) is 13.0 Å². The Morgan fingerprint density at radius 2 is 1.67 bits per heavy atom. The second kappa shape index (κ2) is 8.61. The van der Waals surface area contributed by atoms with Gasteiger partial charge in [-0.15, -0.1) is 0 Å². The normalized spacial score (nSPS) is 19.6. The smallest absolute Gasteiger partial charge is 0.322 e. The summed E-state index contributed by atoms with van der Waals surface area (Å²) in [6, 6.07) is 8.77. The molecule has 0 bridgehead atoms. The van der Waals surface area contributed by atoms with Crippen molar-refractivity contribution in [2.75, 3.05) is 33.3 Å². The predicted octanol–water partition coefficient (Wildman–Crippen LogP) is 3.53. The van der Waals surface area contributed by atoms with Gasteiger partial charge in [-0.3, -0.25) is 9.59 Å². The Balaban J connectivity index is 1.96. The van der Waals surface area contributed by atoms with Gasteiger partial charge in [0, 0.05) is 11.6 Å². The SMILES string of the molecule is CCOC(=O)[C@@]1(C(=O)Nc2ccc(F)cc2)C[C@H]1c1cc(OC)c(OC)c(OC)c1. The molecule has 0 aromatic heterocycles. The average molecular weight is 417 g/mol.